The van der Waals surface area contributed by atoms with E-state index in [0.717, 1.165) is 17.0 Å². The Hall–Kier alpha value is -3.83. The number of aromatic nitrogens is 2. The van der Waals surface area contributed by atoms with Crippen molar-refractivity contribution in [1.29, 1.82) is 10.5 Å². The van der Waals surface area contributed by atoms with Crippen molar-refractivity contribution < 1.29 is 4.74 Å². The molecule has 0 saturated carbocycles. The molecule has 0 atom stereocenters. The van der Waals surface area contributed by atoms with Crippen molar-refractivity contribution in [2.24, 2.45) is 0 Å². The first-order valence-corrected chi connectivity index (χ1v) is 7.56. The number of benzene rings is 2. The summed E-state index contributed by atoms with van der Waals surface area (Å²) in [4.78, 5) is 0. The fourth-order valence-corrected chi connectivity index (χ4v) is 2.42. The van der Waals surface area contributed by atoms with Crippen LogP contribution in [0.4, 0.5) is 0 Å². The molecule has 1 aromatic heterocycles. The number of nitriles is 2. The first kappa shape index (κ1) is 16.0. The largest absolute Gasteiger partial charge is 0.497 e. The monoisotopic (exact) mass is 326 g/mol. The van der Waals surface area contributed by atoms with Crippen LogP contribution in [0.1, 0.15) is 5.56 Å². The first-order valence-electron chi connectivity index (χ1n) is 7.56. The molecule has 25 heavy (non-hydrogen) atoms. The summed E-state index contributed by atoms with van der Waals surface area (Å²) in [5, 5.41) is 22.8. The van der Waals surface area contributed by atoms with E-state index in [2.05, 4.69) is 5.10 Å². The van der Waals surface area contributed by atoms with Crippen molar-refractivity contribution in [3.05, 3.63) is 71.9 Å². The number of allylic oxidation sites excluding steroid dienone is 1. The van der Waals surface area contributed by atoms with E-state index in [0.29, 0.717) is 11.3 Å². The fraction of sp³-hybridized carbons (Fsp3) is 0.0500. The predicted molar refractivity (Wildman–Crippen MR) is 94.8 cm³/mol. The summed E-state index contributed by atoms with van der Waals surface area (Å²) >= 11 is 0. The van der Waals surface area contributed by atoms with Crippen molar-refractivity contribution in [3.63, 3.8) is 0 Å². The Morgan fingerprint density at radius 2 is 1.72 bits per heavy atom. The van der Waals surface area contributed by atoms with Crippen LogP contribution in [-0.2, 0) is 0 Å². The lowest BCUT2D eigenvalue weighted by molar-refractivity contribution is 0.415. The summed E-state index contributed by atoms with van der Waals surface area (Å²) in [6.45, 7) is 0. The second-order valence-electron chi connectivity index (χ2n) is 5.22. The molecule has 0 aliphatic carbocycles. The lowest BCUT2D eigenvalue weighted by Gasteiger charge is -2.02. The Bertz CT molecular complexity index is 971. The summed E-state index contributed by atoms with van der Waals surface area (Å²) in [5.41, 5.74) is 3.19. The maximum Gasteiger partial charge on any atom is 0.130 e. The average Bonchev–Trinajstić information content (AvgIpc) is 3.10. The summed E-state index contributed by atoms with van der Waals surface area (Å²) in [6, 6.07) is 20.9. The molecule has 2 aromatic carbocycles. The van der Waals surface area contributed by atoms with E-state index in [4.69, 9.17) is 15.3 Å². The lowest BCUT2D eigenvalue weighted by Crippen LogP contribution is -1.94. The second-order valence-corrected chi connectivity index (χ2v) is 5.22. The highest BCUT2D eigenvalue weighted by Crippen LogP contribution is 2.27. The van der Waals surface area contributed by atoms with Gasteiger partial charge in [0.05, 0.1) is 12.8 Å². The number of rotatable bonds is 4. The number of hydrogen-bond donors (Lipinski definition) is 0. The molecular weight excluding hydrogens is 312 g/mol. The van der Waals surface area contributed by atoms with Crippen LogP contribution in [0.3, 0.4) is 0 Å². The number of methoxy groups -OCH3 is 1. The highest BCUT2D eigenvalue weighted by molar-refractivity contribution is 5.75. The molecule has 5 nitrogen and oxygen atoms in total. The Labute approximate surface area is 145 Å². The third kappa shape index (κ3) is 3.41. The van der Waals surface area contributed by atoms with Crippen LogP contribution in [0.2, 0.25) is 0 Å². The van der Waals surface area contributed by atoms with E-state index in [1.807, 2.05) is 72.9 Å². The van der Waals surface area contributed by atoms with Crippen molar-refractivity contribution in [3.8, 4) is 34.8 Å². The zero-order chi connectivity index (χ0) is 17.6. The topological polar surface area (TPSA) is 74.6 Å². The molecule has 0 amide bonds. The normalized spacial score (nSPS) is 9.72. The van der Waals surface area contributed by atoms with Gasteiger partial charge in [0.2, 0.25) is 0 Å². The minimum Gasteiger partial charge on any atom is -0.497 e. The van der Waals surface area contributed by atoms with Crippen LogP contribution >= 0.6 is 0 Å². The van der Waals surface area contributed by atoms with Gasteiger partial charge in [0.1, 0.15) is 29.2 Å². The molecule has 3 aromatic rings. The lowest BCUT2D eigenvalue weighted by atomic mass is 10.1. The zero-order valence-corrected chi connectivity index (χ0v) is 13.5. The van der Waals surface area contributed by atoms with E-state index < -0.39 is 0 Å². The van der Waals surface area contributed by atoms with Gasteiger partial charge >= 0.3 is 0 Å². The van der Waals surface area contributed by atoms with Crippen LogP contribution in [0, 0.1) is 22.7 Å². The fourth-order valence-electron chi connectivity index (χ4n) is 2.42. The minimum absolute atomic E-state index is 0.0300. The van der Waals surface area contributed by atoms with Gasteiger partial charge in [0.15, 0.2) is 0 Å². The Morgan fingerprint density at radius 1 is 1.04 bits per heavy atom. The standard InChI is InChI=1S/C20H14N4O/c1-25-19-9-7-16(8-10-19)20-17(11-15(12-21)13-22)14-24(23-20)18-5-3-2-4-6-18/h2-11,14H,1H3. The molecular formula is C20H14N4O. The molecule has 1 heterocycles. The van der Waals surface area contributed by atoms with E-state index >= 15 is 0 Å². The predicted octanol–water partition coefficient (Wildman–Crippen LogP) is 3.98. The molecule has 0 saturated heterocycles. The van der Waals surface area contributed by atoms with Crippen molar-refractivity contribution in [2.75, 3.05) is 7.11 Å². The zero-order valence-electron chi connectivity index (χ0n) is 13.5. The Balaban J connectivity index is 2.14. The van der Waals surface area contributed by atoms with Gasteiger partial charge in [0, 0.05) is 17.3 Å². The maximum absolute atomic E-state index is 9.06. The molecule has 0 spiro atoms. The van der Waals surface area contributed by atoms with Crippen molar-refractivity contribution in [1.82, 2.24) is 9.78 Å². The molecule has 0 unspecified atom stereocenters. The van der Waals surface area contributed by atoms with Crippen molar-refractivity contribution in [2.45, 2.75) is 0 Å². The van der Waals surface area contributed by atoms with Crippen LogP contribution < -0.4 is 4.74 Å². The summed E-state index contributed by atoms with van der Waals surface area (Å²) < 4.78 is 6.92. The van der Waals surface area contributed by atoms with Crippen LogP contribution in [0.15, 0.2) is 66.4 Å². The Morgan fingerprint density at radius 3 is 2.32 bits per heavy atom. The minimum atomic E-state index is 0.0300. The number of para-hydroxylation sites is 1. The number of ether oxygens (including phenoxy) is 1. The highest BCUT2D eigenvalue weighted by atomic mass is 16.5. The van der Waals surface area contributed by atoms with Gasteiger partial charge < -0.3 is 4.74 Å². The molecule has 0 aliphatic heterocycles. The average molecular weight is 326 g/mol. The Kier molecular flexibility index (Phi) is 4.60. The molecule has 5 heteroatoms. The van der Waals surface area contributed by atoms with Gasteiger partial charge in [-0.05, 0) is 42.5 Å². The smallest absolute Gasteiger partial charge is 0.130 e. The molecule has 0 aliphatic rings. The molecule has 0 N–H and O–H groups in total. The van der Waals surface area contributed by atoms with Gasteiger partial charge in [-0.3, -0.25) is 0 Å². The number of hydrogen-bond acceptors (Lipinski definition) is 4. The van der Waals surface area contributed by atoms with Crippen LogP contribution in [0.5, 0.6) is 5.75 Å². The van der Waals surface area contributed by atoms with Crippen LogP contribution in [-0.4, -0.2) is 16.9 Å². The highest BCUT2D eigenvalue weighted by Gasteiger charge is 2.12. The summed E-state index contributed by atoms with van der Waals surface area (Å²) in [5.74, 6) is 0.748. The maximum atomic E-state index is 9.06. The van der Waals surface area contributed by atoms with Crippen LogP contribution in [0.25, 0.3) is 23.0 Å². The molecule has 120 valence electrons. The molecule has 0 bridgehead atoms. The van der Waals surface area contributed by atoms with Gasteiger partial charge in [-0.25, -0.2) is 4.68 Å². The van der Waals surface area contributed by atoms with E-state index in [1.54, 1.807) is 17.9 Å². The molecule has 0 fully saturated rings. The van der Waals surface area contributed by atoms with Gasteiger partial charge in [-0.15, -0.1) is 0 Å². The molecule has 0 radical (unpaired) electrons. The second kappa shape index (κ2) is 7.16. The van der Waals surface area contributed by atoms with Crippen molar-refractivity contribution >= 4 is 6.08 Å². The van der Waals surface area contributed by atoms with E-state index in [1.165, 1.54) is 0 Å². The summed E-state index contributed by atoms with van der Waals surface area (Å²) in [7, 11) is 1.61. The van der Waals surface area contributed by atoms with Gasteiger partial charge in [-0.1, -0.05) is 18.2 Å². The summed E-state index contributed by atoms with van der Waals surface area (Å²) in [6.07, 6.45) is 3.36. The molecule has 3 rings (SSSR count). The van der Waals surface area contributed by atoms with E-state index in [-0.39, 0.29) is 5.57 Å². The number of nitrogens with zero attached hydrogens (tertiary/aromatic N) is 4. The SMILES string of the molecule is COc1ccc(-c2nn(-c3ccccc3)cc2C=C(C#N)C#N)cc1. The third-order valence-corrected chi connectivity index (χ3v) is 3.67. The quantitative estimate of drug-likeness (QED) is 0.680. The third-order valence-electron chi connectivity index (χ3n) is 3.67. The van der Waals surface area contributed by atoms with E-state index in [9.17, 15) is 0 Å². The van der Waals surface area contributed by atoms with Gasteiger partial charge in [-0.2, -0.15) is 15.6 Å². The van der Waals surface area contributed by atoms with Gasteiger partial charge in [0.25, 0.3) is 0 Å². The first-order chi connectivity index (χ1) is 12.2.